The predicted octanol–water partition coefficient (Wildman–Crippen LogP) is 3.88. The van der Waals surface area contributed by atoms with Crippen molar-refractivity contribution in [3.8, 4) is 11.5 Å². The molecule has 0 spiro atoms. The summed E-state index contributed by atoms with van der Waals surface area (Å²) in [6.45, 7) is 3.95. The fourth-order valence-electron chi connectivity index (χ4n) is 4.94. The minimum atomic E-state index is -0.808. The van der Waals surface area contributed by atoms with Crippen molar-refractivity contribution in [1.82, 2.24) is 25.3 Å². The predicted molar refractivity (Wildman–Crippen MR) is 137 cm³/mol. The Hall–Kier alpha value is -3.92. The second-order valence-electron chi connectivity index (χ2n) is 9.34. The number of carbonyl (C=O) groups excluding carboxylic acids is 1. The Morgan fingerprint density at radius 1 is 1.31 bits per heavy atom. The highest BCUT2D eigenvalue weighted by Gasteiger charge is 2.27. The molecule has 1 saturated carbocycles. The van der Waals surface area contributed by atoms with Crippen LogP contribution in [0.1, 0.15) is 49.5 Å². The van der Waals surface area contributed by atoms with Gasteiger partial charge in [0.25, 0.3) is 5.56 Å². The standard InChI is InChI=1S/C26H30N6O4/c1-14-9-10-18-17(13-14)15(2)24(36-18)23-21-22(26(34)30-29-25(21)27)31-32(23)20(35-3)12-11-19(33)28-16-7-5-4-6-8-16/h9-13,16,20H,4-8H2,1-3H3,(H2,27,29)(H,28,33)(H,30,34)/b12-11+. The quantitative estimate of drug-likeness (QED) is 0.348. The van der Waals surface area contributed by atoms with Gasteiger partial charge in [-0.2, -0.15) is 10.2 Å². The summed E-state index contributed by atoms with van der Waals surface area (Å²) in [5, 5.41) is 15.2. The summed E-state index contributed by atoms with van der Waals surface area (Å²) in [5.74, 6) is 0.409. The number of nitrogens with two attached hydrogens (primary N) is 1. The minimum absolute atomic E-state index is 0.107. The number of fused-ring (bicyclic) bond motifs is 2. The van der Waals surface area contributed by atoms with Crippen LogP contribution in [0.5, 0.6) is 0 Å². The number of nitrogens with zero attached hydrogens (tertiary/aromatic N) is 3. The van der Waals surface area contributed by atoms with E-state index in [1.54, 1.807) is 6.08 Å². The highest BCUT2D eigenvalue weighted by atomic mass is 16.5. The van der Waals surface area contributed by atoms with E-state index in [0.29, 0.717) is 22.4 Å². The summed E-state index contributed by atoms with van der Waals surface area (Å²) in [6, 6.07) is 6.10. The molecule has 4 N–H and O–H groups in total. The molecule has 1 fully saturated rings. The fraction of sp³-hybridized carbons (Fsp3) is 0.385. The zero-order valence-corrected chi connectivity index (χ0v) is 20.6. The Bertz CT molecular complexity index is 1520. The first kappa shape index (κ1) is 23.8. The maximum absolute atomic E-state index is 12.6. The first-order chi connectivity index (χ1) is 17.4. The van der Waals surface area contributed by atoms with Crippen molar-refractivity contribution < 1.29 is 13.9 Å². The lowest BCUT2D eigenvalue weighted by Gasteiger charge is -2.22. The number of furan rings is 1. The lowest BCUT2D eigenvalue weighted by Crippen LogP contribution is -2.35. The lowest BCUT2D eigenvalue weighted by molar-refractivity contribution is -0.117. The van der Waals surface area contributed by atoms with E-state index >= 15 is 0 Å². The van der Waals surface area contributed by atoms with E-state index in [1.807, 2.05) is 32.0 Å². The number of rotatable bonds is 6. The number of methoxy groups -OCH3 is 1. The van der Waals surface area contributed by atoms with Crippen LogP contribution in [0.25, 0.3) is 33.3 Å². The third kappa shape index (κ3) is 4.28. The average Bonchev–Trinajstić information content (AvgIpc) is 3.41. The maximum atomic E-state index is 12.6. The topological polar surface area (TPSA) is 141 Å². The number of aromatic amines is 1. The normalized spacial score (nSPS) is 15.8. The SMILES string of the molecule is COC(/C=C/C(=O)NC1CCCCC1)n1nc2c(=O)[nH]nc(N)c2c1-c1oc2ccc(C)cc2c1C. The number of carbonyl (C=O) groups is 1. The second-order valence-corrected chi connectivity index (χ2v) is 9.34. The highest BCUT2D eigenvalue weighted by molar-refractivity contribution is 6.01. The number of hydrogen-bond donors (Lipinski definition) is 3. The molecule has 1 aliphatic rings. The molecule has 10 heteroatoms. The summed E-state index contributed by atoms with van der Waals surface area (Å²) in [5.41, 5.74) is 8.94. The van der Waals surface area contributed by atoms with Crippen molar-refractivity contribution >= 4 is 33.6 Å². The summed E-state index contributed by atoms with van der Waals surface area (Å²) in [4.78, 5) is 25.2. The second kappa shape index (κ2) is 9.62. The molecule has 5 rings (SSSR count). The number of H-pyrrole nitrogens is 1. The molecule has 1 aliphatic carbocycles. The van der Waals surface area contributed by atoms with Gasteiger partial charge in [0.15, 0.2) is 23.3 Å². The fourth-order valence-corrected chi connectivity index (χ4v) is 4.94. The number of anilines is 1. The van der Waals surface area contributed by atoms with Gasteiger partial charge in [-0.15, -0.1) is 0 Å². The summed E-state index contributed by atoms with van der Waals surface area (Å²) < 4.78 is 13.5. The zero-order chi connectivity index (χ0) is 25.4. The zero-order valence-electron chi connectivity index (χ0n) is 20.6. The minimum Gasteiger partial charge on any atom is -0.454 e. The summed E-state index contributed by atoms with van der Waals surface area (Å²) in [6.07, 6.45) is 7.67. The van der Waals surface area contributed by atoms with Crippen LogP contribution >= 0.6 is 0 Å². The molecular weight excluding hydrogens is 460 g/mol. The van der Waals surface area contributed by atoms with Gasteiger partial charge in [-0.3, -0.25) is 9.59 Å². The van der Waals surface area contributed by atoms with Gasteiger partial charge in [-0.25, -0.2) is 9.78 Å². The first-order valence-corrected chi connectivity index (χ1v) is 12.2. The number of aryl methyl sites for hydroxylation is 2. The van der Waals surface area contributed by atoms with Crippen LogP contribution in [0.4, 0.5) is 5.82 Å². The van der Waals surface area contributed by atoms with Crippen molar-refractivity contribution in [3.05, 3.63) is 51.8 Å². The smallest absolute Gasteiger partial charge is 0.292 e. The molecule has 3 heterocycles. The van der Waals surface area contributed by atoms with E-state index in [2.05, 4.69) is 20.6 Å². The van der Waals surface area contributed by atoms with Crippen LogP contribution in [0.15, 0.2) is 39.6 Å². The lowest BCUT2D eigenvalue weighted by atomic mass is 9.95. The summed E-state index contributed by atoms with van der Waals surface area (Å²) in [7, 11) is 1.50. The molecule has 1 aromatic carbocycles. The van der Waals surface area contributed by atoms with Crippen LogP contribution in [0, 0.1) is 13.8 Å². The van der Waals surface area contributed by atoms with E-state index in [1.165, 1.54) is 24.3 Å². The molecule has 0 aliphatic heterocycles. The maximum Gasteiger partial charge on any atom is 0.292 e. The average molecular weight is 491 g/mol. The third-order valence-electron chi connectivity index (χ3n) is 6.81. The first-order valence-electron chi connectivity index (χ1n) is 12.2. The van der Waals surface area contributed by atoms with Gasteiger partial charge in [0.05, 0.1) is 5.39 Å². The van der Waals surface area contributed by atoms with Crippen LogP contribution in [-0.4, -0.2) is 39.0 Å². The van der Waals surface area contributed by atoms with E-state index in [0.717, 1.165) is 42.2 Å². The van der Waals surface area contributed by atoms with Crippen LogP contribution in [-0.2, 0) is 9.53 Å². The molecule has 0 radical (unpaired) electrons. The Morgan fingerprint density at radius 3 is 2.83 bits per heavy atom. The number of ether oxygens (including phenoxy) is 1. The van der Waals surface area contributed by atoms with E-state index in [9.17, 15) is 9.59 Å². The molecular formula is C26H30N6O4. The molecule has 0 saturated heterocycles. The van der Waals surface area contributed by atoms with E-state index < -0.39 is 11.8 Å². The third-order valence-corrected chi connectivity index (χ3v) is 6.81. The van der Waals surface area contributed by atoms with Crippen LogP contribution in [0.3, 0.4) is 0 Å². The molecule has 1 amide bonds. The molecule has 36 heavy (non-hydrogen) atoms. The van der Waals surface area contributed by atoms with Crippen molar-refractivity contribution in [1.29, 1.82) is 0 Å². The Morgan fingerprint density at radius 2 is 2.08 bits per heavy atom. The number of aromatic nitrogens is 4. The molecule has 1 atom stereocenters. The van der Waals surface area contributed by atoms with Crippen molar-refractivity contribution in [2.45, 2.75) is 58.2 Å². The number of nitrogen functional groups attached to an aromatic ring is 1. The number of amides is 1. The van der Waals surface area contributed by atoms with Gasteiger partial charge < -0.3 is 20.2 Å². The highest BCUT2D eigenvalue weighted by Crippen LogP contribution is 2.39. The van der Waals surface area contributed by atoms with Crippen LogP contribution < -0.4 is 16.6 Å². The van der Waals surface area contributed by atoms with Gasteiger partial charge in [-0.1, -0.05) is 30.9 Å². The molecule has 1 unspecified atom stereocenters. The molecule has 0 bridgehead atoms. The molecule has 4 aromatic rings. The number of benzene rings is 1. The van der Waals surface area contributed by atoms with Crippen LogP contribution in [0.2, 0.25) is 0 Å². The molecule has 3 aromatic heterocycles. The number of hydrogen-bond acceptors (Lipinski definition) is 7. The van der Waals surface area contributed by atoms with Gasteiger partial charge in [0, 0.05) is 30.2 Å². The largest absolute Gasteiger partial charge is 0.454 e. The van der Waals surface area contributed by atoms with Crippen molar-refractivity contribution in [2.75, 3.05) is 12.8 Å². The van der Waals surface area contributed by atoms with Gasteiger partial charge >= 0.3 is 0 Å². The van der Waals surface area contributed by atoms with E-state index in [4.69, 9.17) is 14.9 Å². The van der Waals surface area contributed by atoms with Crippen molar-refractivity contribution in [2.24, 2.45) is 0 Å². The van der Waals surface area contributed by atoms with Gasteiger partial charge in [0.1, 0.15) is 11.3 Å². The molecule has 188 valence electrons. The molecule has 10 nitrogen and oxygen atoms in total. The number of nitrogens with one attached hydrogen (secondary N) is 2. The summed E-state index contributed by atoms with van der Waals surface area (Å²) >= 11 is 0. The van der Waals surface area contributed by atoms with Crippen molar-refractivity contribution in [3.63, 3.8) is 0 Å². The monoisotopic (exact) mass is 490 g/mol. The Kier molecular flexibility index (Phi) is 6.36. The van der Waals surface area contributed by atoms with Gasteiger partial charge in [0.2, 0.25) is 5.91 Å². The Labute approximate surface area is 207 Å². The van der Waals surface area contributed by atoms with Gasteiger partial charge in [-0.05, 0) is 44.9 Å². The van der Waals surface area contributed by atoms with E-state index in [-0.39, 0.29) is 23.3 Å². The Balaban J connectivity index is 1.61.